The van der Waals surface area contributed by atoms with E-state index in [-0.39, 0.29) is 0 Å². The number of carbonyl (C=O) groups is 1. The minimum absolute atomic E-state index is 0.390. The van der Waals surface area contributed by atoms with Gasteiger partial charge in [0.25, 0.3) is 0 Å². The molecule has 0 radical (unpaired) electrons. The van der Waals surface area contributed by atoms with E-state index in [1.807, 2.05) is 0 Å². The Balaban J connectivity index is 0.000000163. The molecule has 2 unspecified atom stereocenters. The topological polar surface area (TPSA) is 64.2 Å². The van der Waals surface area contributed by atoms with Crippen LogP contribution in [0.2, 0.25) is 0 Å². The number of rotatable bonds is 0. The van der Waals surface area contributed by atoms with Crippen LogP contribution in [0, 0.1) is 5.92 Å². The molecular formula is C16H23N2O2-. The molecule has 0 bridgehead atoms. The van der Waals surface area contributed by atoms with Gasteiger partial charge in [0, 0.05) is 18.0 Å². The van der Waals surface area contributed by atoms with Crippen molar-refractivity contribution in [3.63, 3.8) is 0 Å². The third kappa shape index (κ3) is 3.73. The first-order chi connectivity index (χ1) is 9.37. The number of carbonyl (C=O) groups excluding carboxylic acids is 1. The molecule has 1 amide bonds. The molecule has 3 rings (SSSR count). The Kier molecular flexibility index (Phi) is 4.33. The molecule has 4 nitrogen and oxygen atoms in total. The summed E-state index contributed by atoms with van der Waals surface area (Å²) in [5.74, 6) is 1.71. The van der Waals surface area contributed by atoms with Crippen LogP contribution in [-0.4, -0.2) is 24.7 Å². The Bertz CT molecular complexity index is 480. The van der Waals surface area contributed by atoms with E-state index in [1.165, 1.54) is 19.5 Å². The lowest BCUT2D eigenvalue weighted by Crippen LogP contribution is -2.47. The molecule has 1 aliphatic heterocycles. The first kappa shape index (κ1) is 14.9. The van der Waals surface area contributed by atoms with Gasteiger partial charge in [0.1, 0.15) is 6.09 Å². The van der Waals surface area contributed by atoms with Gasteiger partial charge in [0.05, 0.1) is 0 Å². The third-order valence-corrected chi connectivity index (χ3v) is 3.75. The molecule has 1 aliphatic carbocycles. The number of nitrogens with one attached hydrogen (secondary N) is 2. The summed E-state index contributed by atoms with van der Waals surface area (Å²) in [5.41, 5.74) is 2.81. The number of benzene rings is 1. The van der Waals surface area contributed by atoms with Crippen molar-refractivity contribution < 1.29 is 9.90 Å². The SMILES string of the molecule is CC(C)(C)NC(=O)[O-].c1ccc2c(c1)CC1CNCC21. The average Bonchev–Trinajstić information content (AvgIpc) is 2.85. The van der Waals surface area contributed by atoms with E-state index in [0.717, 1.165) is 11.8 Å². The molecule has 1 saturated heterocycles. The minimum Gasteiger partial charge on any atom is -0.530 e. The van der Waals surface area contributed by atoms with Crippen LogP contribution in [0.15, 0.2) is 24.3 Å². The predicted molar refractivity (Wildman–Crippen MR) is 77.5 cm³/mol. The summed E-state index contributed by atoms with van der Waals surface area (Å²) in [5, 5.41) is 15.4. The van der Waals surface area contributed by atoms with Crippen molar-refractivity contribution in [3.8, 4) is 0 Å². The lowest BCUT2D eigenvalue weighted by Gasteiger charge is -2.21. The monoisotopic (exact) mass is 275 g/mol. The molecule has 2 aliphatic rings. The zero-order chi connectivity index (χ0) is 14.8. The van der Waals surface area contributed by atoms with Crippen LogP contribution in [0.3, 0.4) is 0 Å². The Morgan fingerprint density at radius 2 is 2.00 bits per heavy atom. The van der Waals surface area contributed by atoms with Crippen molar-refractivity contribution in [3.05, 3.63) is 35.4 Å². The van der Waals surface area contributed by atoms with Crippen LogP contribution in [0.5, 0.6) is 0 Å². The lowest BCUT2D eigenvalue weighted by molar-refractivity contribution is -0.252. The van der Waals surface area contributed by atoms with Crippen molar-refractivity contribution in [1.29, 1.82) is 0 Å². The van der Waals surface area contributed by atoms with Crippen molar-refractivity contribution in [2.24, 2.45) is 5.92 Å². The molecule has 1 heterocycles. The molecule has 2 atom stereocenters. The van der Waals surface area contributed by atoms with E-state index in [4.69, 9.17) is 0 Å². The zero-order valence-corrected chi connectivity index (χ0v) is 12.4. The molecule has 20 heavy (non-hydrogen) atoms. The highest BCUT2D eigenvalue weighted by Crippen LogP contribution is 2.39. The Hall–Kier alpha value is -1.55. The largest absolute Gasteiger partial charge is 0.530 e. The molecule has 2 N–H and O–H groups in total. The van der Waals surface area contributed by atoms with E-state index in [9.17, 15) is 9.90 Å². The number of carboxylic acid groups (broad SMARTS) is 1. The summed E-state index contributed by atoms with van der Waals surface area (Å²) >= 11 is 0. The third-order valence-electron chi connectivity index (χ3n) is 3.75. The van der Waals surface area contributed by atoms with Gasteiger partial charge in [-0.2, -0.15) is 0 Å². The molecule has 110 valence electrons. The lowest BCUT2D eigenvalue weighted by atomic mass is 9.97. The van der Waals surface area contributed by atoms with Gasteiger partial charge >= 0.3 is 0 Å². The molecule has 1 aromatic carbocycles. The first-order valence-electron chi connectivity index (χ1n) is 7.14. The van der Waals surface area contributed by atoms with Gasteiger partial charge < -0.3 is 20.5 Å². The van der Waals surface area contributed by atoms with Crippen LogP contribution >= 0.6 is 0 Å². The minimum atomic E-state index is -1.22. The zero-order valence-electron chi connectivity index (χ0n) is 12.4. The smallest absolute Gasteiger partial charge is 0.134 e. The fourth-order valence-corrected chi connectivity index (χ4v) is 2.98. The molecule has 0 spiro atoms. The molecular weight excluding hydrogens is 252 g/mol. The Labute approximate surface area is 120 Å². The summed E-state index contributed by atoms with van der Waals surface area (Å²) in [4.78, 5) is 9.79. The normalized spacial score (nSPS) is 23.4. The summed E-state index contributed by atoms with van der Waals surface area (Å²) in [7, 11) is 0. The van der Waals surface area contributed by atoms with E-state index in [1.54, 1.807) is 31.9 Å². The summed E-state index contributed by atoms with van der Waals surface area (Å²) < 4.78 is 0. The van der Waals surface area contributed by atoms with Crippen LogP contribution in [0.4, 0.5) is 4.79 Å². The summed E-state index contributed by atoms with van der Waals surface area (Å²) in [6.45, 7) is 7.68. The highest BCUT2D eigenvalue weighted by atomic mass is 16.4. The number of fused-ring (bicyclic) bond motifs is 3. The molecule has 1 aromatic rings. The van der Waals surface area contributed by atoms with Crippen molar-refractivity contribution >= 4 is 6.09 Å². The molecule has 0 saturated carbocycles. The summed E-state index contributed by atoms with van der Waals surface area (Å²) in [6, 6.07) is 8.91. The number of hydrogen-bond donors (Lipinski definition) is 2. The maximum Gasteiger partial charge on any atom is 0.134 e. The second kappa shape index (κ2) is 5.83. The second-order valence-electron chi connectivity index (χ2n) is 6.59. The Morgan fingerprint density at radius 3 is 2.60 bits per heavy atom. The van der Waals surface area contributed by atoms with Crippen LogP contribution in [0.1, 0.15) is 37.8 Å². The van der Waals surface area contributed by atoms with Crippen molar-refractivity contribution in [2.75, 3.05) is 13.1 Å². The number of amides is 1. The van der Waals surface area contributed by atoms with Gasteiger partial charge in [-0.15, -0.1) is 0 Å². The highest BCUT2D eigenvalue weighted by molar-refractivity contribution is 5.62. The second-order valence-corrected chi connectivity index (χ2v) is 6.59. The van der Waals surface area contributed by atoms with Crippen molar-refractivity contribution in [1.82, 2.24) is 10.6 Å². The maximum absolute atomic E-state index is 9.79. The van der Waals surface area contributed by atoms with Crippen LogP contribution in [0.25, 0.3) is 0 Å². The standard InChI is InChI=1S/C11H13N.C5H11NO2/c1-2-4-10-8(3-1)5-9-6-12-7-11(9)10;1-5(2,3)6-4(7)8/h1-4,9,11-12H,5-7H2;6H,1-3H3,(H,7,8)/p-1. The van der Waals surface area contributed by atoms with Gasteiger partial charge in [0.15, 0.2) is 0 Å². The highest BCUT2D eigenvalue weighted by Gasteiger charge is 2.35. The van der Waals surface area contributed by atoms with Crippen LogP contribution < -0.4 is 15.7 Å². The van der Waals surface area contributed by atoms with Gasteiger partial charge in [-0.1, -0.05) is 24.3 Å². The molecule has 0 aromatic heterocycles. The summed E-state index contributed by atoms with van der Waals surface area (Å²) in [6.07, 6.45) is 0.0749. The van der Waals surface area contributed by atoms with Gasteiger partial charge in [-0.25, -0.2) is 0 Å². The Morgan fingerprint density at radius 1 is 1.30 bits per heavy atom. The van der Waals surface area contributed by atoms with Gasteiger partial charge in [-0.05, 0) is 50.8 Å². The fraction of sp³-hybridized carbons (Fsp3) is 0.562. The van der Waals surface area contributed by atoms with Crippen molar-refractivity contribution in [2.45, 2.75) is 38.6 Å². The van der Waals surface area contributed by atoms with Gasteiger partial charge in [0.2, 0.25) is 0 Å². The van der Waals surface area contributed by atoms with Crippen LogP contribution in [-0.2, 0) is 6.42 Å². The molecule has 1 fully saturated rings. The number of hydrogen-bond acceptors (Lipinski definition) is 3. The van der Waals surface area contributed by atoms with E-state index < -0.39 is 11.6 Å². The fourth-order valence-electron chi connectivity index (χ4n) is 2.98. The van der Waals surface area contributed by atoms with Gasteiger partial charge in [-0.3, -0.25) is 0 Å². The average molecular weight is 275 g/mol. The first-order valence-corrected chi connectivity index (χ1v) is 7.14. The maximum atomic E-state index is 9.79. The predicted octanol–water partition coefficient (Wildman–Crippen LogP) is 1.26. The molecule has 4 heteroatoms. The van der Waals surface area contributed by atoms with E-state index in [2.05, 4.69) is 34.9 Å². The quantitative estimate of drug-likeness (QED) is 0.749. The van der Waals surface area contributed by atoms with E-state index in [0.29, 0.717) is 0 Å². The van der Waals surface area contributed by atoms with E-state index >= 15 is 0 Å².